The summed E-state index contributed by atoms with van der Waals surface area (Å²) in [6.07, 6.45) is 11.3. The van der Waals surface area contributed by atoms with Crippen LogP contribution in [0.15, 0.2) is 24.3 Å². The van der Waals surface area contributed by atoms with E-state index in [9.17, 15) is 4.39 Å². The fourth-order valence-corrected chi connectivity index (χ4v) is 5.79. The van der Waals surface area contributed by atoms with Crippen LogP contribution >= 0.6 is 0 Å². The molecule has 0 N–H and O–H groups in total. The molecule has 1 atom stereocenters. The Labute approximate surface area is 178 Å². The maximum atomic E-state index is 15.0. The number of nitrogens with zero attached hydrogens (tertiary/aromatic N) is 6. The van der Waals surface area contributed by atoms with Gasteiger partial charge >= 0.3 is 0 Å². The number of piperazine rings is 1. The number of benzene rings is 1. The maximum absolute atomic E-state index is 15.0. The molecule has 0 unspecified atom stereocenters. The van der Waals surface area contributed by atoms with Crippen molar-refractivity contribution in [1.29, 1.82) is 0 Å². The molecular formula is C23H33FN6. The first kappa shape index (κ1) is 20.1. The van der Waals surface area contributed by atoms with E-state index in [1.807, 2.05) is 16.8 Å². The predicted molar refractivity (Wildman–Crippen MR) is 114 cm³/mol. The van der Waals surface area contributed by atoms with Crippen LogP contribution in [0, 0.1) is 5.82 Å². The van der Waals surface area contributed by atoms with Crippen LogP contribution in [0.3, 0.4) is 0 Å². The summed E-state index contributed by atoms with van der Waals surface area (Å²) >= 11 is 0. The molecule has 2 saturated carbocycles. The van der Waals surface area contributed by atoms with Gasteiger partial charge in [0, 0.05) is 37.8 Å². The summed E-state index contributed by atoms with van der Waals surface area (Å²) in [6, 6.07) is 8.00. The summed E-state index contributed by atoms with van der Waals surface area (Å²) < 4.78 is 17.0. The van der Waals surface area contributed by atoms with Gasteiger partial charge in [-0.1, -0.05) is 50.3 Å². The van der Waals surface area contributed by atoms with Crippen LogP contribution in [-0.4, -0.2) is 62.2 Å². The van der Waals surface area contributed by atoms with E-state index >= 15 is 0 Å². The Morgan fingerprint density at radius 2 is 1.50 bits per heavy atom. The Morgan fingerprint density at radius 1 is 0.833 bits per heavy atom. The second kappa shape index (κ2) is 9.10. The molecule has 6 nitrogen and oxygen atoms in total. The lowest BCUT2D eigenvalue weighted by molar-refractivity contribution is 0.0751. The topological polar surface area (TPSA) is 50.1 Å². The Hall–Kier alpha value is -1.86. The third-order valence-corrected chi connectivity index (χ3v) is 7.44. The Balaban J connectivity index is 1.43. The van der Waals surface area contributed by atoms with E-state index in [1.54, 1.807) is 12.1 Å². The molecule has 0 amide bonds. The van der Waals surface area contributed by atoms with Gasteiger partial charge in [-0.2, -0.15) is 0 Å². The Bertz CT molecular complexity index is 819. The summed E-state index contributed by atoms with van der Waals surface area (Å²) in [5.74, 6) is 0.639. The van der Waals surface area contributed by atoms with Crippen molar-refractivity contribution in [3.05, 3.63) is 41.5 Å². The lowest BCUT2D eigenvalue weighted by Gasteiger charge is -2.41. The molecule has 1 aromatic carbocycles. The van der Waals surface area contributed by atoms with E-state index in [2.05, 4.69) is 25.3 Å². The van der Waals surface area contributed by atoms with E-state index in [0.717, 1.165) is 50.9 Å². The van der Waals surface area contributed by atoms with E-state index in [-0.39, 0.29) is 11.9 Å². The van der Waals surface area contributed by atoms with E-state index in [0.29, 0.717) is 11.6 Å². The minimum Gasteiger partial charge on any atom is -0.298 e. The second-order valence-electron chi connectivity index (χ2n) is 9.21. The molecule has 1 aromatic heterocycles. The van der Waals surface area contributed by atoms with Crippen molar-refractivity contribution in [2.24, 2.45) is 0 Å². The van der Waals surface area contributed by atoms with Crippen LogP contribution in [0.4, 0.5) is 4.39 Å². The molecule has 0 spiro atoms. The van der Waals surface area contributed by atoms with Gasteiger partial charge in [0.1, 0.15) is 11.9 Å². The van der Waals surface area contributed by atoms with E-state index < -0.39 is 0 Å². The van der Waals surface area contributed by atoms with E-state index in [4.69, 9.17) is 0 Å². The number of hydrogen-bond acceptors (Lipinski definition) is 5. The highest BCUT2D eigenvalue weighted by Gasteiger charge is 2.35. The van der Waals surface area contributed by atoms with Crippen molar-refractivity contribution in [1.82, 2.24) is 30.0 Å². The molecule has 5 rings (SSSR count). The smallest absolute Gasteiger partial charge is 0.173 e. The highest BCUT2D eigenvalue weighted by atomic mass is 19.1. The summed E-state index contributed by atoms with van der Waals surface area (Å²) in [6.45, 7) is 3.93. The minimum absolute atomic E-state index is 0.168. The third kappa shape index (κ3) is 4.02. The number of hydrogen-bond donors (Lipinski definition) is 0. The first-order valence-corrected chi connectivity index (χ1v) is 11.8. The fourth-order valence-electron chi connectivity index (χ4n) is 5.79. The summed E-state index contributed by atoms with van der Waals surface area (Å²) in [7, 11) is 0. The maximum Gasteiger partial charge on any atom is 0.173 e. The zero-order valence-electron chi connectivity index (χ0n) is 17.8. The van der Waals surface area contributed by atoms with Crippen LogP contribution in [0.1, 0.15) is 81.3 Å². The fraction of sp³-hybridized carbons (Fsp3) is 0.696. The van der Waals surface area contributed by atoms with Crippen molar-refractivity contribution < 1.29 is 4.39 Å². The first-order valence-electron chi connectivity index (χ1n) is 11.8. The monoisotopic (exact) mass is 412 g/mol. The molecule has 1 aliphatic heterocycles. The van der Waals surface area contributed by atoms with Gasteiger partial charge in [-0.15, -0.1) is 5.10 Å². The largest absolute Gasteiger partial charge is 0.298 e. The number of rotatable bonds is 5. The van der Waals surface area contributed by atoms with Crippen molar-refractivity contribution >= 4 is 0 Å². The number of tetrazole rings is 1. The molecule has 1 saturated heterocycles. The van der Waals surface area contributed by atoms with Gasteiger partial charge in [0.05, 0.1) is 6.04 Å². The van der Waals surface area contributed by atoms with Gasteiger partial charge in [0.25, 0.3) is 0 Å². The SMILES string of the molecule is Fc1ccccc1[C@H](c1nnnn1C1CCCCC1)N1CCN(C2CCCC2)CC1. The van der Waals surface area contributed by atoms with Gasteiger partial charge in [-0.05, 0) is 42.2 Å². The molecule has 30 heavy (non-hydrogen) atoms. The molecule has 0 radical (unpaired) electrons. The zero-order chi connectivity index (χ0) is 20.3. The molecule has 2 aliphatic carbocycles. The summed E-state index contributed by atoms with van der Waals surface area (Å²) in [4.78, 5) is 5.04. The molecule has 3 fully saturated rings. The van der Waals surface area contributed by atoms with Crippen LogP contribution in [0.2, 0.25) is 0 Å². The molecule has 162 valence electrons. The molecule has 2 aromatic rings. The minimum atomic E-state index is -0.228. The van der Waals surface area contributed by atoms with Gasteiger partial charge in [0.15, 0.2) is 5.82 Å². The second-order valence-corrected chi connectivity index (χ2v) is 9.21. The van der Waals surface area contributed by atoms with E-state index in [1.165, 1.54) is 44.9 Å². The lowest BCUT2D eigenvalue weighted by atomic mass is 9.95. The van der Waals surface area contributed by atoms with Crippen LogP contribution < -0.4 is 0 Å². The van der Waals surface area contributed by atoms with Crippen molar-refractivity contribution in [3.8, 4) is 0 Å². The average molecular weight is 413 g/mol. The first-order chi connectivity index (χ1) is 14.8. The zero-order valence-corrected chi connectivity index (χ0v) is 17.8. The summed E-state index contributed by atoms with van der Waals surface area (Å²) in [5, 5.41) is 12.9. The molecular weight excluding hydrogens is 379 g/mol. The average Bonchev–Trinajstić information content (AvgIpc) is 3.49. The molecule has 0 bridgehead atoms. The van der Waals surface area contributed by atoms with Gasteiger partial charge < -0.3 is 0 Å². The van der Waals surface area contributed by atoms with Crippen molar-refractivity contribution in [2.75, 3.05) is 26.2 Å². The number of halogens is 1. The van der Waals surface area contributed by atoms with Crippen LogP contribution in [0.25, 0.3) is 0 Å². The predicted octanol–water partition coefficient (Wildman–Crippen LogP) is 3.97. The van der Waals surface area contributed by atoms with Crippen molar-refractivity contribution in [2.45, 2.75) is 75.9 Å². The summed E-state index contributed by atoms with van der Waals surface area (Å²) in [5.41, 5.74) is 0.693. The third-order valence-electron chi connectivity index (χ3n) is 7.44. The number of aromatic nitrogens is 4. The molecule has 7 heteroatoms. The van der Waals surface area contributed by atoms with Gasteiger partial charge in [-0.25, -0.2) is 9.07 Å². The molecule has 2 heterocycles. The standard InChI is InChI=1S/C23H33FN6/c24-21-13-7-6-12-20(21)22(23-25-26-27-30(23)19-10-2-1-3-11-19)29-16-14-28(15-17-29)18-8-4-5-9-18/h6-7,12-13,18-19,22H,1-5,8-11,14-17H2/t22-/m1/s1. The molecule has 3 aliphatic rings. The normalized spacial score (nSPS) is 23.8. The lowest BCUT2D eigenvalue weighted by Crippen LogP contribution is -2.51. The highest BCUT2D eigenvalue weighted by Crippen LogP contribution is 2.35. The van der Waals surface area contributed by atoms with Gasteiger partial charge in [0.2, 0.25) is 0 Å². The quantitative estimate of drug-likeness (QED) is 0.744. The Kier molecular flexibility index (Phi) is 6.09. The van der Waals surface area contributed by atoms with Gasteiger partial charge in [-0.3, -0.25) is 9.80 Å². The van der Waals surface area contributed by atoms with Crippen LogP contribution in [-0.2, 0) is 0 Å². The van der Waals surface area contributed by atoms with Crippen LogP contribution in [0.5, 0.6) is 0 Å². The Morgan fingerprint density at radius 3 is 2.23 bits per heavy atom. The highest BCUT2D eigenvalue weighted by molar-refractivity contribution is 5.27. The van der Waals surface area contributed by atoms with Crippen molar-refractivity contribution in [3.63, 3.8) is 0 Å².